The standard InChI is InChI=1S/C32H49F5N4O3.C6H6/c1-5-27(13-14-39(4)20-22-12-15-40(21-22)28(29(42)43)24-10-8-7-9-11-24)41(6-2)30(44)38-19-23-16-25(31(3,33)34)18-26(17-23)32(35,36)37;1-2-4-6-5-3-1/h16-18,22,24,27-28H,5-15,19-21H2,1-4H3,(H,38,44)(H,42,43);1-6H. The molecule has 2 aliphatic rings. The fraction of sp³-hybridized carbons (Fsp3) is 0.632. The summed E-state index contributed by atoms with van der Waals surface area (Å²) in [4.78, 5) is 31.2. The van der Waals surface area contributed by atoms with Crippen LogP contribution in [0, 0.1) is 11.8 Å². The van der Waals surface area contributed by atoms with E-state index in [1.807, 2.05) is 57.3 Å². The molecule has 4 rings (SSSR count). The molecule has 0 radical (unpaired) electrons. The van der Waals surface area contributed by atoms with Crippen molar-refractivity contribution < 1.29 is 36.6 Å². The Morgan fingerprint density at radius 3 is 2.06 bits per heavy atom. The average molecular weight is 711 g/mol. The third kappa shape index (κ3) is 12.8. The molecule has 3 unspecified atom stereocenters. The summed E-state index contributed by atoms with van der Waals surface area (Å²) in [5, 5.41) is 12.6. The number of amides is 2. The van der Waals surface area contributed by atoms with Crippen LogP contribution in [0.4, 0.5) is 26.7 Å². The van der Waals surface area contributed by atoms with Gasteiger partial charge in [-0.1, -0.05) is 62.6 Å². The monoisotopic (exact) mass is 710 g/mol. The second-order valence-electron chi connectivity index (χ2n) is 13.8. The molecule has 1 heterocycles. The summed E-state index contributed by atoms with van der Waals surface area (Å²) < 4.78 is 67.8. The lowest BCUT2D eigenvalue weighted by atomic mass is 9.83. The number of halogens is 5. The molecule has 1 saturated carbocycles. The first-order valence-corrected chi connectivity index (χ1v) is 17.9. The number of hydrogen-bond acceptors (Lipinski definition) is 4. The third-order valence-electron chi connectivity index (χ3n) is 9.92. The van der Waals surface area contributed by atoms with Crippen LogP contribution in [0.15, 0.2) is 54.6 Å². The molecule has 1 aliphatic carbocycles. The van der Waals surface area contributed by atoms with Crippen LogP contribution in [-0.4, -0.2) is 83.7 Å². The van der Waals surface area contributed by atoms with E-state index in [1.54, 1.807) is 4.90 Å². The first-order chi connectivity index (χ1) is 23.6. The van der Waals surface area contributed by atoms with Crippen LogP contribution >= 0.6 is 0 Å². The maximum Gasteiger partial charge on any atom is 0.416 e. The molecule has 0 aromatic heterocycles. The molecule has 1 saturated heterocycles. The van der Waals surface area contributed by atoms with Crippen molar-refractivity contribution in [1.29, 1.82) is 0 Å². The number of nitrogens with zero attached hydrogens (tertiary/aromatic N) is 3. The Hall–Kier alpha value is -3.25. The Morgan fingerprint density at radius 2 is 1.54 bits per heavy atom. The van der Waals surface area contributed by atoms with Crippen LogP contribution in [0.5, 0.6) is 0 Å². The number of hydrogen-bond donors (Lipinski definition) is 2. The van der Waals surface area contributed by atoms with Gasteiger partial charge in [-0.05, 0) is 94.8 Å². The number of likely N-dealkylation sites (tertiary alicyclic amines) is 1. The predicted octanol–water partition coefficient (Wildman–Crippen LogP) is 8.49. The van der Waals surface area contributed by atoms with Crippen molar-refractivity contribution in [2.45, 2.75) is 103 Å². The van der Waals surface area contributed by atoms with E-state index in [0.717, 1.165) is 63.9 Å². The van der Waals surface area contributed by atoms with Crippen LogP contribution < -0.4 is 5.32 Å². The van der Waals surface area contributed by atoms with E-state index in [0.29, 0.717) is 44.8 Å². The van der Waals surface area contributed by atoms with Gasteiger partial charge in [0.15, 0.2) is 0 Å². The van der Waals surface area contributed by atoms with E-state index in [9.17, 15) is 36.6 Å². The zero-order valence-corrected chi connectivity index (χ0v) is 29.9. The highest BCUT2D eigenvalue weighted by Crippen LogP contribution is 2.36. The second kappa shape index (κ2) is 19.4. The second-order valence-corrected chi connectivity index (χ2v) is 13.8. The van der Waals surface area contributed by atoms with Crippen molar-refractivity contribution >= 4 is 12.0 Å². The van der Waals surface area contributed by atoms with Gasteiger partial charge >= 0.3 is 18.2 Å². The molecule has 2 aromatic rings. The molecular weight excluding hydrogens is 655 g/mol. The molecule has 7 nitrogen and oxygen atoms in total. The van der Waals surface area contributed by atoms with Gasteiger partial charge in [0, 0.05) is 44.7 Å². The lowest BCUT2D eigenvalue weighted by molar-refractivity contribution is -0.145. The van der Waals surface area contributed by atoms with Crippen LogP contribution in [0.1, 0.15) is 88.8 Å². The highest BCUT2D eigenvalue weighted by atomic mass is 19.4. The maximum absolute atomic E-state index is 13.9. The summed E-state index contributed by atoms with van der Waals surface area (Å²) in [5.74, 6) is -3.59. The largest absolute Gasteiger partial charge is 0.480 e. The lowest BCUT2D eigenvalue weighted by Crippen LogP contribution is -2.47. The Balaban J connectivity index is 0.00000101. The molecule has 0 bridgehead atoms. The topological polar surface area (TPSA) is 76.1 Å². The zero-order valence-electron chi connectivity index (χ0n) is 29.9. The maximum atomic E-state index is 13.9. The van der Waals surface area contributed by atoms with Crippen molar-refractivity contribution in [2.75, 3.05) is 39.8 Å². The average Bonchev–Trinajstić information content (AvgIpc) is 3.53. The van der Waals surface area contributed by atoms with E-state index >= 15 is 0 Å². The molecule has 2 aromatic carbocycles. The van der Waals surface area contributed by atoms with Crippen LogP contribution in [0.2, 0.25) is 0 Å². The summed E-state index contributed by atoms with van der Waals surface area (Å²) in [6.07, 6.45) is 2.85. The third-order valence-corrected chi connectivity index (χ3v) is 9.92. The van der Waals surface area contributed by atoms with E-state index in [-0.39, 0.29) is 24.1 Å². The highest BCUT2D eigenvalue weighted by Gasteiger charge is 2.38. The van der Waals surface area contributed by atoms with Gasteiger partial charge in [0.25, 0.3) is 5.92 Å². The normalized spacial score (nSPS) is 18.6. The Bertz CT molecular complexity index is 1260. The van der Waals surface area contributed by atoms with Crippen molar-refractivity contribution in [3.8, 4) is 0 Å². The van der Waals surface area contributed by atoms with Crippen molar-refractivity contribution in [1.82, 2.24) is 20.0 Å². The first kappa shape index (κ1) is 41.2. The van der Waals surface area contributed by atoms with Gasteiger partial charge in [0.05, 0.1) is 5.56 Å². The number of urea groups is 1. The van der Waals surface area contributed by atoms with Gasteiger partial charge in [0.2, 0.25) is 0 Å². The van der Waals surface area contributed by atoms with E-state index in [2.05, 4.69) is 15.1 Å². The quantitative estimate of drug-likeness (QED) is 0.193. The van der Waals surface area contributed by atoms with Crippen LogP contribution in [0.3, 0.4) is 0 Å². The fourth-order valence-corrected chi connectivity index (χ4v) is 7.29. The Labute approximate surface area is 294 Å². The Kier molecular flexibility index (Phi) is 16.0. The van der Waals surface area contributed by atoms with Gasteiger partial charge in [-0.15, -0.1) is 0 Å². The highest BCUT2D eigenvalue weighted by molar-refractivity contribution is 5.74. The number of carbonyl (C=O) groups is 2. The summed E-state index contributed by atoms with van der Waals surface area (Å²) >= 11 is 0. The number of alkyl halides is 5. The van der Waals surface area contributed by atoms with Crippen molar-refractivity contribution in [2.24, 2.45) is 11.8 Å². The predicted molar refractivity (Wildman–Crippen MR) is 186 cm³/mol. The number of benzene rings is 2. The molecule has 2 N–H and O–H groups in total. The first-order valence-electron chi connectivity index (χ1n) is 17.9. The molecular formula is C38H55F5N4O3. The van der Waals surface area contributed by atoms with Gasteiger partial charge in [-0.25, -0.2) is 13.6 Å². The molecule has 280 valence electrons. The molecule has 2 amide bonds. The van der Waals surface area contributed by atoms with Crippen LogP contribution in [-0.2, 0) is 23.4 Å². The SMILES string of the molecule is CCC(CCN(C)CC1CCN(C(C(=O)O)C2CCCCC2)C1)N(CC)C(=O)NCc1cc(C(C)(F)F)cc(C(F)(F)F)c1.c1ccccc1. The molecule has 12 heteroatoms. The minimum absolute atomic E-state index is 0.0484. The van der Waals surface area contributed by atoms with Gasteiger partial charge in [-0.3, -0.25) is 9.69 Å². The minimum atomic E-state index is -4.79. The molecule has 3 atom stereocenters. The summed E-state index contributed by atoms with van der Waals surface area (Å²) in [6, 6.07) is 13.2. The van der Waals surface area contributed by atoms with E-state index < -0.39 is 41.3 Å². The van der Waals surface area contributed by atoms with Gasteiger partial charge < -0.3 is 20.2 Å². The summed E-state index contributed by atoms with van der Waals surface area (Å²) in [6.45, 7) is 7.49. The lowest BCUT2D eigenvalue weighted by Gasteiger charge is -2.34. The Morgan fingerprint density at radius 1 is 0.940 bits per heavy atom. The molecule has 0 spiro atoms. The number of carboxylic acid groups (broad SMARTS) is 1. The van der Waals surface area contributed by atoms with Gasteiger partial charge in [-0.2, -0.15) is 13.2 Å². The number of aliphatic carboxylic acids is 1. The number of rotatable bonds is 14. The number of carbonyl (C=O) groups excluding carboxylic acids is 1. The number of nitrogens with one attached hydrogen (secondary N) is 1. The number of carboxylic acids is 1. The van der Waals surface area contributed by atoms with Crippen molar-refractivity contribution in [3.05, 3.63) is 71.3 Å². The molecule has 2 fully saturated rings. The summed E-state index contributed by atoms with van der Waals surface area (Å²) in [5.41, 5.74) is -1.98. The van der Waals surface area contributed by atoms with Crippen LogP contribution in [0.25, 0.3) is 0 Å². The summed E-state index contributed by atoms with van der Waals surface area (Å²) in [7, 11) is 2.02. The smallest absolute Gasteiger partial charge is 0.416 e. The molecule has 50 heavy (non-hydrogen) atoms. The van der Waals surface area contributed by atoms with Gasteiger partial charge in [0.1, 0.15) is 6.04 Å². The van der Waals surface area contributed by atoms with E-state index in [1.165, 1.54) is 6.42 Å². The minimum Gasteiger partial charge on any atom is -0.480 e. The van der Waals surface area contributed by atoms with Crippen molar-refractivity contribution in [3.63, 3.8) is 0 Å². The van der Waals surface area contributed by atoms with E-state index in [4.69, 9.17) is 0 Å². The molecule has 1 aliphatic heterocycles. The zero-order chi connectivity index (χ0) is 36.9. The fourth-order valence-electron chi connectivity index (χ4n) is 7.29.